The van der Waals surface area contributed by atoms with Crippen molar-refractivity contribution in [2.75, 3.05) is 0 Å². The van der Waals surface area contributed by atoms with Crippen molar-refractivity contribution in [1.29, 1.82) is 0 Å². The van der Waals surface area contributed by atoms with Gasteiger partial charge in [-0.15, -0.1) is 0 Å². The Labute approximate surface area is 157 Å². The lowest BCUT2D eigenvalue weighted by Gasteiger charge is -2.30. The number of nitrogens with one attached hydrogen (secondary N) is 1. The molecule has 0 aliphatic heterocycles. The Hall–Kier alpha value is -0.790. The molecule has 1 atom stereocenters. The van der Waals surface area contributed by atoms with Crippen molar-refractivity contribution < 1.29 is 0 Å². The maximum Gasteiger partial charge on any atom is 0.109 e. The first-order valence-electron chi connectivity index (χ1n) is 10.8. The van der Waals surface area contributed by atoms with E-state index in [1.165, 1.54) is 75.0 Å². The molecule has 0 saturated heterocycles. The van der Waals surface area contributed by atoms with Crippen molar-refractivity contribution in [2.45, 2.75) is 130 Å². The maximum absolute atomic E-state index is 5.20. The first-order chi connectivity index (χ1) is 11.7. The number of nitrogens with zero attached hydrogens (tertiary/aromatic N) is 1. The summed E-state index contributed by atoms with van der Waals surface area (Å²) in [5.74, 6) is 1.73. The van der Waals surface area contributed by atoms with Gasteiger partial charge in [-0.05, 0) is 19.3 Å². The van der Waals surface area contributed by atoms with Crippen LogP contribution < -0.4 is 0 Å². The third-order valence-corrected chi connectivity index (χ3v) is 5.79. The number of aromatic nitrogens is 2. The topological polar surface area (TPSA) is 28.7 Å². The second-order valence-corrected chi connectivity index (χ2v) is 9.36. The van der Waals surface area contributed by atoms with E-state index in [2.05, 4.69) is 60.4 Å². The average Bonchev–Trinajstić information content (AvgIpc) is 3.01. The third-order valence-electron chi connectivity index (χ3n) is 5.79. The summed E-state index contributed by atoms with van der Waals surface area (Å²) in [6, 6.07) is 0. The van der Waals surface area contributed by atoms with Gasteiger partial charge in [0.1, 0.15) is 5.82 Å². The van der Waals surface area contributed by atoms with Crippen molar-refractivity contribution in [2.24, 2.45) is 0 Å². The molecule has 1 unspecified atom stereocenters. The highest BCUT2D eigenvalue weighted by molar-refractivity contribution is 5.30. The van der Waals surface area contributed by atoms with Crippen LogP contribution in [0.3, 0.4) is 0 Å². The van der Waals surface area contributed by atoms with Crippen LogP contribution in [0.4, 0.5) is 0 Å². The molecule has 25 heavy (non-hydrogen) atoms. The highest BCUT2D eigenvalue weighted by atomic mass is 15.0. The Morgan fingerprint density at radius 1 is 0.840 bits per heavy atom. The van der Waals surface area contributed by atoms with Gasteiger partial charge in [0.25, 0.3) is 0 Å². The van der Waals surface area contributed by atoms with Gasteiger partial charge in [-0.25, -0.2) is 4.98 Å². The number of rotatable bonds is 12. The van der Waals surface area contributed by atoms with Gasteiger partial charge in [-0.3, -0.25) is 0 Å². The predicted molar refractivity (Wildman–Crippen MR) is 112 cm³/mol. The zero-order chi connectivity index (χ0) is 19.1. The lowest BCUT2D eigenvalue weighted by atomic mass is 9.75. The number of H-pyrrole nitrogens is 1. The van der Waals surface area contributed by atoms with Crippen molar-refractivity contribution in [3.8, 4) is 0 Å². The fourth-order valence-corrected chi connectivity index (χ4v) is 3.85. The van der Waals surface area contributed by atoms with Gasteiger partial charge < -0.3 is 4.98 Å². The molecule has 2 nitrogen and oxygen atoms in total. The van der Waals surface area contributed by atoms with Gasteiger partial charge in [0.15, 0.2) is 0 Å². The van der Waals surface area contributed by atoms with Gasteiger partial charge in [0.05, 0.1) is 5.69 Å². The summed E-state index contributed by atoms with van der Waals surface area (Å²) in [4.78, 5) is 9.00. The minimum atomic E-state index is 0.147. The molecule has 1 aromatic heterocycles. The molecule has 0 fully saturated rings. The molecule has 146 valence electrons. The SMILES string of the molecule is CCCCCC(C)(C)c1nc(C(C)CCC)[nH]c1C(C)(C)CCCC. The molecule has 0 saturated carbocycles. The molecule has 1 rings (SSSR count). The second-order valence-electron chi connectivity index (χ2n) is 9.36. The van der Waals surface area contributed by atoms with E-state index in [-0.39, 0.29) is 10.8 Å². The minimum absolute atomic E-state index is 0.147. The van der Waals surface area contributed by atoms with E-state index in [0.717, 1.165) is 0 Å². The van der Waals surface area contributed by atoms with E-state index in [1.54, 1.807) is 0 Å². The summed E-state index contributed by atoms with van der Waals surface area (Å²) in [7, 11) is 0. The largest absolute Gasteiger partial charge is 0.345 e. The van der Waals surface area contributed by atoms with E-state index in [1.807, 2.05) is 0 Å². The molecule has 0 aliphatic carbocycles. The van der Waals surface area contributed by atoms with Crippen molar-refractivity contribution in [3.63, 3.8) is 0 Å². The van der Waals surface area contributed by atoms with Crippen molar-refractivity contribution in [3.05, 3.63) is 17.2 Å². The van der Waals surface area contributed by atoms with E-state index < -0.39 is 0 Å². The van der Waals surface area contributed by atoms with Gasteiger partial charge in [-0.1, -0.05) is 93.9 Å². The Morgan fingerprint density at radius 3 is 2.00 bits per heavy atom. The quantitative estimate of drug-likeness (QED) is 0.386. The predicted octanol–water partition coefficient (Wildman–Crippen LogP) is 7.64. The summed E-state index contributed by atoms with van der Waals surface area (Å²) in [6.07, 6.45) is 11.3. The fraction of sp³-hybridized carbons (Fsp3) is 0.870. The van der Waals surface area contributed by atoms with Crippen LogP contribution in [0, 0.1) is 0 Å². The van der Waals surface area contributed by atoms with Crippen molar-refractivity contribution >= 4 is 0 Å². The van der Waals surface area contributed by atoms with Gasteiger partial charge in [0, 0.05) is 22.4 Å². The van der Waals surface area contributed by atoms with E-state index >= 15 is 0 Å². The molecule has 0 aromatic carbocycles. The average molecular weight is 349 g/mol. The van der Waals surface area contributed by atoms with Crippen molar-refractivity contribution in [1.82, 2.24) is 9.97 Å². The smallest absolute Gasteiger partial charge is 0.109 e. The summed E-state index contributed by atoms with van der Waals surface area (Å²) in [5, 5.41) is 0. The lowest BCUT2D eigenvalue weighted by Crippen LogP contribution is -2.26. The van der Waals surface area contributed by atoms with E-state index in [9.17, 15) is 0 Å². The summed E-state index contributed by atoms with van der Waals surface area (Å²) in [6.45, 7) is 18.7. The van der Waals surface area contributed by atoms with E-state index in [0.29, 0.717) is 5.92 Å². The highest BCUT2D eigenvalue weighted by Gasteiger charge is 2.34. The molecular weight excluding hydrogens is 304 g/mol. The molecule has 1 aromatic rings. The van der Waals surface area contributed by atoms with Crippen LogP contribution in [0.15, 0.2) is 0 Å². The molecule has 0 amide bonds. The molecule has 0 spiro atoms. The van der Waals surface area contributed by atoms with E-state index in [4.69, 9.17) is 4.98 Å². The second kappa shape index (κ2) is 9.78. The monoisotopic (exact) mass is 348 g/mol. The molecule has 0 bridgehead atoms. The first-order valence-corrected chi connectivity index (χ1v) is 10.8. The highest BCUT2D eigenvalue weighted by Crippen LogP contribution is 2.39. The maximum atomic E-state index is 5.20. The Balaban J connectivity index is 3.22. The van der Waals surface area contributed by atoms with Gasteiger partial charge in [-0.2, -0.15) is 0 Å². The van der Waals surface area contributed by atoms with Gasteiger partial charge in [0.2, 0.25) is 0 Å². The molecular formula is C23H44N2. The summed E-state index contributed by atoms with van der Waals surface area (Å²) >= 11 is 0. The van der Waals surface area contributed by atoms with Crippen LogP contribution in [-0.2, 0) is 10.8 Å². The fourth-order valence-electron chi connectivity index (χ4n) is 3.85. The Kier molecular flexibility index (Phi) is 8.71. The zero-order valence-corrected chi connectivity index (χ0v) is 18.4. The number of unbranched alkanes of at least 4 members (excludes halogenated alkanes) is 3. The number of imidazole rings is 1. The Morgan fingerprint density at radius 2 is 1.44 bits per heavy atom. The third kappa shape index (κ3) is 6.15. The Bertz CT molecular complexity index is 496. The van der Waals surface area contributed by atoms with Crippen LogP contribution in [0.5, 0.6) is 0 Å². The zero-order valence-electron chi connectivity index (χ0n) is 18.4. The van der Waals surface area contributed by atoms with Crippen LogP contribution in [0.1, 0.15) is 136 Å². The normalized spacial score (nSPS) is 14.1. The van der Waals surface area contributed by atoms with Crippen LogP contribution in [0.25, 0.3) is 0 Å². The number of hydrogen-bond donors (Lipinski definition) is 1. The number of hydrogen-bond acceptors (Lipinski definition) is 1. The van der Waals surface area contributed by atoms with Gasteiger partial charge >= 0.3 is 0 Å². The van der Waals surface area contributed by atoms with Crippen LogP contribution in [-0.4, -0.2) is 9.97 Å². The number of aromatic amines is 1. The summed E-state index contributed by atoms with van der Waals surface area (Å²) < 4.78 is 0. The molecule has 1 heterocycles. The lowest BCUT2D eigenvalue weighted by molar-refractivity contribution is 0.401. The molecule has 2 heteroatoms. The molecule has 1 N–H and O–H groups in total. The van der Waals surface area contributed by atoms with Crippen LogP contribution in [0.2, 0.25) is 0 Å². The summed E-state index contributed by atoms with van der Waals surface area (Å²) in [5.41, 5.74) is 3.06. The molecule has 0 radical (unpaired) electrons. The first kappa shape index (κ1) is 22.3. The standard InChI is InChI=1S/C23H44N2/c1-9-12-14-17-23(7,8)20-19(22(5,6)16-13-10-2)24-21(25-20)18(4)15-11-3/h18H,9-17H2,1-8H3,(H,24,25). The molecule has 0 aliphatic rings. The van der Waals surface area contributed by atoms with Crippen LogP contribution >= 0.6 is 0 Å². The minimum Gasteiger partial charge on any atom is -0.345 e.